The number of hydrogen-bond acceptors (Lipinski definition) is 3. The smallest absolute Gasteiger partial charge is 0.0663 e. The fourth-order valence-corrected chi connectivity index (χ4v) is 1.58. The molecule has 0 unspecified atom stereocenters. The van der Waals surface area contributed by atoms with Gasteiger partial charge in [-0.1, -0.05) is 22.0 Å². The summed E-state index contributed by atoms with van der Waals surface area (Å²) < 4.78 is 1.05. The van der Waals surface area contributed by atoms with Crippen molar-refractivity contribution in [1.82, 2.24) is 4.98 Å². The van der Waals surface area contributed by atoms with Crippen molar-refractivity contribution < 1.29 is 0 Å². The van der Waals surface area contributed by atoms with Crippen molar-refractivity contribution in [3.8, 4) is 0 Å². The van der Waals surface area contributed by atoms with E-state index in [1.54, 1.807) is 12.4 Å². The average molecular weight is 290 g/mol. The maximum absolute atomic E-state index is 4.31. The second-order valence-corrected chi connectivity index (χ2v) is 4.47. The number of pyridine rings is 1. The Bertz CT molecular complexity index is 506. The zero-order valence-electron chi connectivity index (χ0n) is 9.39. The second-order valence-electron chi connectivity index (χ2n) is 3.56. The van der Waals surface area contributed by atoms with Crippen LogP contribution >= 0.6 is 15.9 Å². The van der Waals surface area contributed by atoms with Gasteiger partial charge in [-0.15, -0.1) is 0 Å². The zero-order chi connectivity index (χ0) is 12.1. The molecule has 0 amide bonds. The van der Waals surface area contributed by atoms with Gasteiger partial charge in [-0.05, 0) is 37.3 Å². The third-order valence-corrected chi connectivity index (χ3v) is 2.80. The maximum Gasteiger partial charge on any atom is 0.0663 e. The van der Waals surface area contributed by atoms with Crippen LogP contribution in [0.4, 0.5) is 5.69 Å². The Balaban J connectivity index is 2.08. The van der Waals surface area contributed by atoms with Gasteiger partial charge in [0.25, 0.3) is 0 Å². The van der Waals surface area contributed by atoms with Crippen LogP contribution in [0, 0.1) is 0 Å². The van der Waals surface area contributed by atoms with E-state index in [4.69, 9.17) is 0 Å². The van der Waals surface area contributed by atoms with E-state index in [2.05, 4.69) is 31.4 Å². The average Bonchev–Trinajstić information content (AvgIpc) is 2.39. The molecule has 0 radical (unpaired) electrons. The molecule has 4 heteroatoms. The Morgan fingerprint density at radius 1 is 1.24 bits per heavy atom. The molecule has 2 aromatic rings. The molecule has 0 aliphatic heterocycles. The molecule has 0 spiro atoms. The summed E-state index contributed by atoms with van der Waals surface area (Å²) in [6.45, 7) is 1.95. The van der Waals surface area contributed by atoms with E-state index < -0.39 is 0 Å². The summed E-state index contributed by atoms with van der Waals surface area (Å²) in [5.41, 5.74) is 5.88. The van der Waals surface area contributed by atoms with Crippen molar-refractivity contribution >= 4 is 27.3 Å². The first-order valence-electron chi connectivity index (χ1n) is 5.22. The molecule has 3 nitrogen and oxygen atoms in total. The van der Waals surface area contributed by atoms with Crippen LogP contribution in [0.1, 0.15) is 12.5 Å². The number of halogens is 1. The predicted octanol–water partition coefficient (Wildman–Crippen LogP) is 3.68. The Kier molecular flexibility index (Phi) is 3.88. The third-order valence-electron chi connectivity index (χ3n) is 2.28. The molecule has 0 aliphatic rings. The highest BCUT2D eigenvalue weighted by Gasteiger charge is 1.96. The molecule has 1 heterocycles. The van der Waals surface area contributed by atoms with Gasteiger partial charge < -0.3 is 0 Å². The van der Waals surface area contributed by atoms with Gasteiger partial charge in [0.15, 0.2) is 0 Å². The molecule has 0 saturated carbocycles. The summed E-state index contributed by atoms with van der Waals surface area (Å²) in [6.07, 6.45) is 3.54. The molecule has 0 bridgehead atoms. The summed E-state index contributed by atoms with van der Waals surface area (Å²) in [6, 6.07) is 11.7. The first-order chi connectivity index (χ1) is 8.25. The standard InChI is InChI=1S/C13H12BrN3/c1-10(11-3-2-8-15-9-11)16-17-13-6-4-12(14)5-7-13/h2-9,17H,1H3/b16-10+. The van der Waals surface area contributed by atoms with E-state index in [9.17, 15) is 0 Å². The number of anilines is 1. The Hall–Kier alpha value is -1.68. The number of nitrogens with one attached hydrogen (secondary N) is 1. The fraction of sp³-hybridized carbons (Fsp3) is 0.0769. The number of hydrazone groups is 1. The zero-order valence-corrected chi connectivity index (χ0v) is 11.0. The molecule has 0 saturated heterocycles. The first kappa shape index (κ1) is 11.8. The molecule has 0 atom stereocenters. The van der Waals surface area contributed by atoms with E-state index in [0.717, 1.165) is 21.4 Å². The van der Waals surface area contributed by atoms with E-state index in [1.807, 2.05) is 43.3 Å². The van der Waals surface area contributed by atoms with Crippen molar-refractivity contribution in [1.29, 1.82) is 0 Å². The van der Waals surface area contributed by atoms with Crippen molar-refractivity contribution in [3.63, 3.8) is 0 Å². The largest absolute Gasteiger partial charge is 0.278 e. The van der Waals surface area contributed by atoms with Crippen LogP contribution in [0.25, 0.3) is 0 Å². The van der Waals surface area contributed by atoms with Gasteiger partial charge in [-0.3, -0.25) is 10.4 Å². The molecule has 1 aromatic heterocycles. The van der Waals surface area contributed by atoms with Crippen molar-refractivity contribution in [3.05, 3.63) is 58.8 Å². The molecule has 17 heavy (non-hydrogen) atoms. The number of benzene rings is 1. The van der Waals surface area contributed by atoms with Gasteiger partial charge >= 0.3 is 0 Å². The normalized spacial score (nSPS) is 11.3. The van der Waals surface area contributed by atoms with E-state index >= 15 is 0 Å². The van der Waals surface area contributed by atoms with Crippen molar-refractivity contribution in [2.45, 2.75) is 6.92 Å². The molecular formula is C13H12BrN3. The highest BCUT2D eigenvalue weighted by Crippen LogP contribution is 2.14. The molecular weight excluding hydrogens is 278 g/mol. The first-order valence-corrected chi connectivity index (χ1v) is 6.01. The lowest BCUT2D eigenvalue weighted by molar-refractivity contribution is 1.28. The van der Waals surface area contributed by atoms with Gasteiger partial charge in [-0.25, -0.2) is 0 Å². The predicted molar refractivity (Wildman–Crippen MR) is 74.2 cm³/mol. The SMILES string of the molecule is C/C(=N\Nc1ccc(Br)cc1)c1cccnc1. The minimum absolute atomic E-state index is 0.904. The Labute approximate surface area is 109 Å². The van der Waals surface area contributed by atoms with Crippen molar-refractivity contribution in [2.24, 2.45) is 5.10 Å². The quantitative estimate of drug-likeness (QED) is 0.691. The van der Waals surface area contributed by atoms with Crippen LogP contribution in [-0.2, 0) is 0 Å². The van der Waals surface area contributed by atoms with Gasteiger partial charge in [-0.2, -0.15) is 5.10 Å². The monoisotopic (exact) mass is 289 g/mol. The summed E-state index contributed by atoms with van der Waals surface area (Å²) >= 11 is 3.39. The van der Waals surface area contributed by atoms with Crippen LogP contribution in [-0.4, -0.2) is 10.7 Å². The third kappa shape index (κ3) is 3.39. The summed E-state index contributed by atoms with van der Waals surface area (Å²) in [4.78, 5) is 4.06. The highest BCUT2D eigenvalue weighted by atomic mass is 79.9. The van der Waals surface area contributed by atoms with Crippen LogP contribution in [0.3, 0.4) is 0 Å². The summed E-state index contributed by atoms with van der Waals surface area (Å²) in [7, 11) is 0. The Morgan fingerprint density at radius 2 is 2.00 bits per heavy atom. The summed E-state index contributed by atoms with van der Waals surface area (Å²) in [5, 5.41) is 4.31. The van der Waals surface area contributed by atoms with Crippen LogP contribution in [0.5, 0.6) is 0 Å². The topological polar surface area (TPSA) is 37.3 Å². The van der Waals surface area contributed by atoms with Crippen molar-refractivity contribution in [2.75, 3.05) is 5.43 Å². The molecule has 0 aliphatic carbocycles. The number of aromatic nitrogens is 1. The Morgan fingerprint density at radius 3 is 2.65 bits per heavy atom. The van der Waals surface area contributed by atoms with Gasteiger partial charge in [0.05, 0.1) is 11.4 Å². The van der Waals surface area contributed by atoms with Gasteiger partial charge in [0.1, 0.15) is 0 Å². The van der Waals surface area contributed by atoms with E-state index in [-0.39, 0.29) is 0 Å². The van der Waals surface area contributed by atoms with E-state index in [1.165, 1.54) is 0 Å². The second kappa shape index (κ2) is 5.59. The lowest BCUT2D eigenvalue weighted by Gasteiger charge is -2.03. The van der Waals surface area contributed by atoms with E-state index in [0.29, 0.717) is 0 Å². The maximum atomic E-state index is 4.31. The molecule has 1 aromatic carbocycles. The fourth-order valence-electron chi connectivity index (χ4n) is 1.31. The van der Waals surface area contributed by atoms with Gasteiger partial charge in [0, 0.05) is 22.4 Å². The lowest BCUT2D eigenvalue weighted by Crippen LogP contribution is -1.99. The molecule has 2 rings (SSSR count). The lowest BCUT2D eigenvalue weighted by atomic mass is 10.2. The minimum Gasteiger partial charge on any atom is -0.278 e. The highest BCUT2D eigenvalue weighted by molar-refractivity contribution is 9.10. The van der Waals surface area contributed by atoms with Gasteiger partial charge in [0.2, 0.25) is 0 Å². The number of hydrogen-bond donors (Lipinski definition) is 1. The molecule has 1 N–H and O–H groups in total. The minimum atomic E-state index is 0.904. The molecule has 0 fully saturated rings. The number of nitrogens with zero attached hydrogens (tertiary/aromatic N) is 2. The van der Waals surface area contributed by atoms with Crippen LogP contribution in [0.2, 0.25) is 0 Å². The summed E-state index contributed by atoms with van der Waals surface area (Å²) in [5.74, 6) is 0. The van der Waals surface area contributed by atoms with Crippen LogP contribution < -0.4 is 5.43 Å². The molecule has 86 valence electrons. The van der Waals surface area contributed by atoms with Crippen LogP contribution in [0.15, 0.2) is 58.4 Å². The number of rotatable bonds is 3.